The van der Waals surface area contributed by atoms with E-state index in [4.69, 9.17) is 32.7 Å². The molecule has 2 N–H and O–H groups in total. The molecular weight excluding hydrogens is 423 g/mol. The van der Waals surface area contributed by atoms with Gasteiger partial charge in [0, 0.05) is 29.8 Å². The van der Waals surface area contributed by atoms with Crippen LogP contribution >= 0.6 is 23.2 Å². The van der Waals surface area contributed by atoms with E-state index in [2.05, 4.69) is 9.71 Å². The Hall–Kier alpha value is -1.93. The number of hydrogen-bond donors (Lipinski definition) is 2. The Morgan fingerprint density at radius 1 is 1.07 bits per heavy atom. The van der Waals surface area contributed by atoms with E-state index in [1.165, 1.54) is 26.4 Å². The number of sulfonamides is 1. The summed E-state index contributed by atoms with van der Waals surface area (Å²) in [4.78, 5) is 3.22. The van der Waals surface area contributed by atoms with Crippen LogP contribution in [0.2, 0.25) is 10.0 Å². The Labute approximate surface area is 173 Å². The first-order chi connectivity index (χ1) is 13.3. The number of H-pyrrole nitrogens is 1. The predicted molar refractivity (Wildman–Crippen MR) is 111 cm³/mol. The molecule has 2 aromatic carbocycles. The fraction of sp³-hybridized carbons (Fsp3) is 0.263. The van der Waals surface area contributed by atoms with Crippen LogP contribution in [0.25, 0.3) is 10.9 Å². The van der Waals surface area contributed by atoms with Crippen LogP contribution in [-0.4, -0.2) is 34.2 Å². The summed E-state index contributed by atoms with van der Waals surface area (Å²) in [5, 5.41) is 1.88. The maximum atomic E-state index is 12.8. The van der Waals surface area contributed by atoms with Crippen molar-refractivity contribution in [3.8, 4) is 11.5 Å². The van der Waals surface area contributed by atoms with Crippen molar-refractivity contribution in [2.75, 3.05) is 20.8 Å². The number of nitrogens with one attached hydrogen (secondary N) is 2. The Balaban J connectivity index is 1.84. The molecule has 9 heteroatoms. The van der Waals surface area contributed by atoms with Crippen molar-refractivity contribution >= 4 is 44.1 Å². The fourth-order valence-corrected chi connectivity index (χ4v) is 4.77. The number of para-hydroxylation sites is 1. The highest BCUT2D eigenvalue weighted by molar-refractivity contribution is 7.89. The van der Waals surface area contributed by atoms with E-state index < -0.39 is 10.0 Å². The van der Waals surface area contributed by atoms with Gasteiger partial charge in [0.25, 0.3) is 0 Å². The largest absolute Gasteiger partial charge is 0.495 e. The van der Waals surface area contributed by atoms with E-state index in [0.29, 0.717) is 11.4 Å². The number of methoxy groups -OCH3 is 2. The molecule has 0 aliphatic rings. The van der Waals surface area contributed by atoms with E-state index in [1.54, 1.807) is 0 Å². The zero-order chi connectivity index (χ0) is 20.5. The predicted octanol–water partition coefficient (Wildman–Crippen LogP) is 4.32. The molecule has 1 heterocycles. The number of aromatic nitrogens is 1. The van der Waals surface area contributed by atoms with Crippen molar-refractivity contribution in [2.24, 2.45) is 0 Å². The Bertz CT molecular complexity index is 1130. The second-order valence-electron chi connectivity index (χ2n) is 6.18. The number of rotatable bonds is 7. The lowest BCUT2D eigenvalue weighted by molar-refractivity contribution is 0.392. The maximum Gasteiger partial charge on any atom is 0.244 e. The third-order valence-corrected chi connectivity index (χ3v) is 6.59. The van der Waals surface area contributed by atoms with Gasteiger partial charge in [-0.15, -0.1) is 0 Å². The molecule has 0 aliphatic carbocycles. The van der Waals surface area contributed by atoms with Gasteiger partial charge in [0.2, 0.25) is 10.0 Å². The minimum absolute atomic E-state index is 0.0325. The first-order valence-electron chi connectivity index (χ1n) is 8.45. The number of ether oxygens (including phenoxy) is 2. The van der Waals surface area contributed by atoms with Crippen molar-refractivity contribution in [1.82, 2.24) is 9.71 Å². The average molecular weight is 443 g/mol. The molecule has 0 saturated heterocycles. The van der Waals surface area contributed by atoms with E-state index in [1.807, 2.05) is 25.1 Å². The first kappa shape index (κ1) is 20.8. The molecule has 0 amide bonds. The Morgan fingerprint density at radius 2 is 1.79 bits per heavy atom. The summed E-state index contributed by atoms with van der Waals surface area (Å²) >= 11 is 12.3. The fourth-order valence-electron chi connectivity index (χ4n) is 3.12. The average Bonchev–Trinajstić information content (AvgIpc) is 2.98. The molecule has 0 saturated carbocycles. The molecule has 0 fully saturated rings. The molecule has 28 heavy (non-hydrogen) atoms. The molecule has 3 rings (SSSR count). The van der Waals surface area contributed by atoms with Crippen LogP contribution in [0.15, 0.2) is 35.2 Å². The number of benzene rings is 2. The summed E-state index contributed by atoms with van der Waals surface area (Å²) in [5.41, 5.74) is 2.82. The van der Waals surface area contributed by atoms with Gasteiger partial charge in [0.1, 0.15) is 16.4 Å². The molecule has 0 bridgehead atoms. The SMILES string of the molecule is COc1cc(S(=O)(=O)NCCc2c(C)[nH]c3c(Cl)cccc23)c(OC)cc1Cl. The second kappa shape index (κ2) is 8.21. The van der Waals surface area contributed by atoms with Crippen molar-refractivity contribution in [1.29, 1.82) is 0 Å². The minimum atomic E-state index is -3.83. The van der Waals surface area contributed by atoms with Crippen molar-refractivity contribution in [2.45, 2.75) is 18.2 Å². The van der Waals surface area contributed by atoms with Gasteiger partial charge in [0.05, 0.1) is 29.8 Å². The van der Waals surface area contributed by atoms with E-state index in [-0.39, 0.29) is 28.0 Å². The molecule has 0 spiro atoms. The molecule has 6 nitrogen and oxygen atoms in total. The lowest BCUT2D eigenvalue weighted by atomic mass is 10.1. The molecule has 1 aromatic heterocycles. The van der Waals surface area contributed by atoms with Crippen LogP contribution in [0.4, 0.5) is 0 Å². The van der Waals surface area contributed by atoms with Gasteiger partial charge >= 0.3 is 0 Å². The molecule has 0 aliphatic heterocycles. The molecule has 0 unspecified atom stereocenters. The number of aromatic amines is 1. The Kier molecular flexibility index (Phi) is 6.09. The van der Waals surface area contributed by atoms with Crippen LogP contribution in [-0.2, 0) is 16.4 Å². The van der Waals surface area contributed by atoms with Crippen LogP contribution in [0.3, 0.4) is 0 Å². The quantitative estimate of drug-likeness (QED) is 0.570. The van der Waals surface area contributed by atoms with E-state index in [0.717, 1.165) is 22.2 Å². The zero-order valence-corrected chi connectivity index (χ0v) is 17.9. The third-order valence-electron chi connectivity index (χ3n) is 4.50. The lowest BCUT2D eigenvalue weighted by Crippen LogP contribution is -2.26. The zero-order valence-electron chi connectivity index (χ0n) is 15.6. The molecule has 3 aromatic rings. The van der Waals surface area contributed by atoms with Crippen LogP contribution < -0.4 is 14.2 Å². The summed E-state index contributed by atoms with van der Waals surface area (Å²) in [6, 6.07) is 8.41. The number of aryl methyl sites for hydroxylation is 1. The van der Waals surface area contributed by atoms with Crippen LogP contribution in [0, 0.1) is 6.92 Å². The number of halogens is 2. The van der Waals surface area contributed by atoms with Crippen molar-refractivity contribution in [3.63, 3.8) is 0 Å². The van der Waals surface area contributed by atoms with Gasteiger partial charge in [-0.05, 0) is 25.0 Å². The van der Waals surface area contributed by atoms with E-state index in [9.17, 15) is 8.42 Å². The number of hydrogen-bond acceptors (Lipinski definition) is 4. The smallest absolute Gasteiger partial charge is 0.244 e. The lowest BCUT2D eigenvalue weighted by Gasteiger charge is -2.13. The normalized spacial score (nSPS) is 11.8. The summed E-state index contributed by atoms with van der Waals surface area (Å²) in [6.07, 6.45) is 0.498. The van der Waals surface area contributed by atoms with Crippen LogP contribution in [0.5, 0.6) is 11.5 Å². The summed E-state index contributed by atoms with van der Waals surface area (Å²) < 4.78 is 38.5. The Morgan fingerprint density at radius 3 is 2.46 bits per heavy atom. The van der Waals surface area contributed by atoms with Gasteiger partial charge < -0.3 is 14.5 Å². The topological polar surface area (TPSA) is 80.4 Å². The molecule has 0 atom stereocenters. The third kappa shape index (κ3) is 3.93. The first-order valence-corrected chi connectivity index (χ1v) is 10.7. The van der Waals surface area contributed by atoms with Gasteiger partial charge in [-0.25, -0.2) is 13.1 Å². The van der Waals surface area contributed by atoms with Gasteiger partial charge in [-0.2, -0.15) is 0 Å². The summed E-state index contributed by atoms with van der Waals surface area (Å²) in [7, 11) is -1.03. The molecular formula is C19H20Cl2N2O4S. The monoisotopic (exact) mass is 442 g/mol. The van der Waals surface area contributed by atoms with Gasteiger partial charge in [-0.1, -0.05) is 35.3 Å². The van der Waals surface area contributed by atoms with Crippen molar-refractivity contribution in [3.05, 3.63) is 51.6 Å². The van der Waals surface area contributed by atoms with Crippen LogP contribution in [0.1, 0.15) is 11.3 Å². The summed E-state index contributed by atoms with van der Waals surface area (Å²) in [5.74, 6) is 0.401. The van der Waals surface area contributed by atoms with Gasteiger partial charge in [0.15, 0.2) is 0 Å². The van der Waals surface area contributed by atoms with E-state index >= 15 is 0 Å². The second-order valence-corrected chi connectivity index (χ2v) is 8.73. The van der Waals surface area contributed by atoms with Crippen molar-refractivity contribution < 1.29 is 17.9 Å². The van der Waals surface area contributed by atoms with Gasteiger partial charge in [-0.3, -0.25) is 0 Å². The highest BCUT2D eigenvalue weighted by Crippen LogP contribution is 2.35. The summed E-state index contributed by atoms with van der Waals surface area (Å²) in [6.45, 7) is 2.14. The molecule has 150 valence electrons. The standard InChI is InChI=1S/C19H20Cl2N2O4S/c1-11-12(13-5-4-6-14(20)19(13)23-11)7-8-22-28(24,25)18-10-16(26-2)15(21)9-17(18)27-3/h4-6,9-10,22-23H,7-8H2,1-3H3. The maximum absolute atomic E-state index is 12.8. The number of fused-ring (bicyclic) bond motifs is 1. The minimum Gasteiger partial charge on any atom is -0.495 e. The highest BCUT2D eigenvalue weighted by atomic mass is 35.5. The molecule has 0 radical (unpaired) electrons. The highest BCUT2D eigenvalue weighted by Gasteiger charge is 2.22.